The van der Waals surface area contributed by atoms with Gasteiger partial charge in [0, 0.05) is 12.3 Å². The number of aromatic carboxylic acids is 1. The molecule has 2 aromatic carbocycles. The molecule has 0 aliphatic carbocycles. The number of aromatic nitrogens is 1. The normalized spacial score (nSPS) is 10.4. The number of benzene rings is 2. The summed E-state index contributed by atoms with van der Waals surface area (Å²) in [6, 6.07) is 16.7. The van der Waals surface area contributed by atoms with E-state index >= 15 is 0 Å². The Kier molecular flexibility index (Phi) is 3.05. The van der Waals surface area contributed by atoms with Crippen molar-refractivity contribution >= 4 is 16.7 Å². The molecular formula is C16H11NO3. The van der Waals surface area contributed by atoms with Crippen LogP contribution in [0, 0.1) is 0 Å². The van der Waals surface area contributed by atoms with Gasteiger partial charge in [-0.2, -0.15) is 0 Å². The summed E-state index contributed by atoms with van der Waals surface area (Å²) in [5.41, 5.74) is -0.0386. The molecule has 0 amide bonds. The number of hydrogen-bond acceptors (Lipinski definition) is 3. The van der Waals surface area contributed by atoms with Crippen molar-refractivity contribution in [3.63, 3.8) is 0 Å². The van der Waals surface area contributed by atoms with Gasteiger partial charge in [-0.3, -0.25) is 0 Å². The van der Waals surface area contributed by atoms with Crippen LogP contribution in [-0.4, -0.2) is 16.1 Å². The molecule has 0 spiro atoms. The first-order valence-corrected chi connectivity index (χ1v) is 6.08. The molecule has 0 radical (unpaired) electrons. The zero-order valence-electron chi connectivity index (χ0n) is 10.5. The molecule has 3 aromatic rings. The van der Waals surface area contributed by atoms with Crippen molar-refractivity contribution < 1.29 is 14.6 Å². The SMILES string of the molecule is O=C(O)c1cc(Oc2ccc3ccccc3c2)ccn1. The van der Waals surface area contributed by atoms with E-state index in [9.17, 15) is 4.79 Å². The molecule has 4 heteroatoms. The number of rotatable bonds is 3. The van der Waals surface area contributed by atoms with Gasteiger partial charge in [0.1, 0.15) is 11.5 Å². The lowest BCUT2D eigenvalue weighted by molar-refractivity contribution is 0.0690. The van der Waals surface area contributed by atoms with Gasteiger partial charge in [0.2, 0.25) is 0 Å². The lowest BCUT2D eigenvalue weighted by Gasteiger charge is -2.07. The van der Waals surface area contributed by atoms with E-state index in [1.165, 1.54) is 12.3 Å². The first-order valence-electron chi connectivity index (χ1n) is 6.08. The minimum atomic E-state index is -1.08. The van der Waals surface area contributed by atoms with E-state index < -0.39 is 5.97 Å². The molecule has 20 heavy (non-hydrogen) atoms. The van der Waals surface area contributed by atoms with E-state index in [2.05, 4.69) is 4.98 Å². The van der Waals surface area contributed by atoms with Gasteiger partial charge in [0.05, 0.1) is 0 Å². The van der Waals surface area contributed by atoms with E-state index in [0.717, 1.165) is 10.8 Å². The number of nitrogens with zero attached hydrogens (tertiary/aromatic N) is 1. The van der Waals surface area contributed by atoms with E-state index in [0.29, 0.717) is 11.5 Å². The van der Waals surface area contributed by atoms with Crippen molar-refractivity contribution in [2.45, 2.75) is 0 Å². The lowest BCUT2D eigenvalue weighted by atomic mass is 10.1. The summed E-state index contributed by atoms with van der Waals surface area (Å²) in [5.74, 6) is 0.0351. The van der Waals surface area contributed by atoms with Crippen LogP contribution in [0.3, 0.4) is 0 Å². The van der Waals surface area contributed by atoms with Crippen LogP contribution in [0.25, 0.3) is 10.8 Å². The zero-order valence-corrected chi connectivity index (χ0v) is 10.5. The Bertz CT molecular complexity index is 783. The molecule has 1 heterocycles. The Hall–Kier alpha value is -2.88. The van der Waals surface area contributed by atoms with Crippen LogP contribution in [0.5, 0.6) is 11.5 Å². The summed E-state index contributed by atoms with van der Waals surface area (Å²) in [6.07, 6.45) is 1.42. The Morgan fingerprint density at radius 3 is 2.50 bits per heavy atom. The average Bonchev–Trinajstić information content (AvgIpc) is 2.47. The van der Waals surface area contributed by atoms with Gasteiger partial charge in [-0.05, 0) is 29.0 Å². The highest BCUT2D eigenvalue weighted by Gasteiger charge is 2.06. The van der Waals surface area contributed by atoms with Crippen LogP contribution < -0.4 is 4.74 Å². The molecule has 1 N–H and O–H groups in total. The molecule has 1 aromatic heterocycles. The van der Waals surface area contributed by atoms with Crippen molar-refractivity contribution in [1.29, 1.82) is 0 Å². The van der Waals surface area contributed by atoms with E-state index in [1.54, 1.807) is 6.07 Å². The van der Waals surface area contributed by atoms with Gasteiger partial charge in [-0.15, -0.1) is 0 Å². The quantitative estimate of drug-likeness (QED) is 0.784. The first-order chi connectivity index (χ1) is 9.72. The van der Waals surface area contributed by atoms with Crippen LogP contribution in [0.15, 0.2) is 60.8 Å². The van der Waals surface area contributed by atoms with Crippen LogP contribution >= 0.6 is 0 Å². The number of fused-ring (bicyclic) bond motifs is 1. The van der Waals surface area contributed by atoms with Crippen LogP contribution in [0.2, 0.25) is 0 Å². The monoisotopic (exact) mass is 265 g/mol. The summed E-state index contributed by atoms with van der Waals surface area (Å²) in [6.45, 7) is 0. The maximum atomic E-state index is 10.9. The molecule has 0 saturated carbocycles. The predicted molar refractivity (Wildman–Crippen MR) is 75.2 cm³/mol. The summed E-state index contributed by atoms with van der Waals surface area (Å²) < 4.78 is 5.67. The molecule has 0 atom stereocenters. The number of pyridine rings is 1. The molecule has 0 fully saturated rings. The molecule has 3 rings (SSSR count). The minimum absolute atomic E-state index is 0.0386. The molecule has 0 saturated heterocycles. The third kappa shape index (κ3) is 2.44. The summed E-state index contributed by atoms with van der Waals surface area (Å²) >= 11 is 0. The largest absolute Gasteiger partial charge is 0.477 e. The van der Waals surface area contributed by atoms with E-state index in [-0.39, 0.29) is 5.69 Å². The van der Waals surface area contributed by atoms with Gasteiger partial charge in [-0.1, -0.05) is 30.3 Å². The number of carbonyl (C=O) groups is 1. The minimum Gasteiger partial charge on any atom is -0.477 e. The molecule has 0 aliphatic heterocycles. The second-order valence-corrected chi connectivity index (χ2v) is 4.29. The Balaban J connectivity index is 1.92. The Morgan fingerprint density at radius 1 is 0.950 bits per heavy atom. The third-order valence-corrected chi connectivity index (χ3v) is 2.91. The highest BCUT2D eigenvalue weighted by Crippen LogP contribution is 2.25. The first kappa shape index (κ1) is 12.2. The zero-order chi connectivity index (χ0) is 13.9. The number of carboxylic acid groups (broad SMARTS) is 1. The maximum Gasteiger partial charge on any atom is 0.354 e. The Labute approximate surface area is 115 Å². The smallest absolute Gasteiger partial charge is 0.354 e. The van der Waals surface area contributed by atoms with Crippen LogP contribution in [-0.2, 0) is 0 Å². The van der Waals surface area contributed by atoms with Crippen molar-refractivity contribution in [3.8, 4) is 11.5 Å². The van der Waals surface area contributed by atoms with Crippen molar-refractivity contribution in [2.24, 2.45) is 0 Å². The summed E-state index contributed by atoms with van der Waals surface area (Å²) in [4.78, 5) is 14.6. The van der Waals surface area contributed by atoms with Crippen LogP contribution in [0.1, 0.15) is 10.5 Å². The third-order valence-electron chi connectivity index (χ3n) is 2.91. The topological polar surface area (TPSA) is 59.4 Å². The van der Waals surface area contributed by atoms with Gasteiger partial charge in [0.25, 0.3) is 0 Å². The lowest BCUT2D eigenvalue weighted by Crippen LogP contribution is -1.99. The maximum absolute atomic E-state index is 10.9. The summed E-state index contributed by atoms with van der Waals surface area (Å²) in [5, 5.41) is 11.1. The Morgan fingerprint density at radius 2 is 1.70 bits per heavy atom. The van der Waals surface area contributed by atoms with E-state index in [1.807, 2.05) is 42.5 Å². The van der Waals surface area contributed by atoms with Crippen LogP contribution in [0.4, 0.5) is 0 Å². The fraction of sp³-hybridized carbons (Fsp3) is 0. The predicted octanol–water partition coefficient (Wildman–Crippen LogP) is 3.73. The molecular weight excluding hydrogens is 254 g/mol. The second-order valence-electron chi connectivity index (χ2n) is 4.29. The second kappa shape index (κ2) is 5.01. The standard InChI is InChI=1S/C16H11NO3/c18-16(19)15-10-14(7-8-17-15)20-13-6-5-11-3-1-2-4-12(11)9-13/h1-10H,(H,18,19). The number of hydrogen-bond donors (Lipinski definition) is 1. The van der Waals surface area contributed by atoms with Gasteiger partial charge < -0.3 is 9.84 Å². The molecule has 0 aliphatic rings. The molecule has 0 unspecified atom stereocenters. The number of carboxylic acids is 1. The fourth-order valence-electron chi connectivity index (χ4n) is 1.96. The molecule has 0 bridgehead atoms. The van der Waals surface area contributed by atoms with Crippen molar-refractivity contribution in [2.75, 3.05) is 0 Å². The van der Waals surface area contributed by atoms with Crippen molar-refractivity contribution in [3.05, 3.63) is 66.5 Å². The fourth-order valence-corrected chi connectivity index (χ4v) is 1.96. The molecule has 98 valence electrons. The van der Waals surface area contributed by atoms with Gasteiger partial charge in [0.15, 0.2) is 5.69 Å². The van der Waals surface area contributed by atoms with Gasteiger partial charge >= 0.3 is 5.97 Å². The van der Waals surface area contributed by atoms with Crippen molar-refractivity contribution in [1.82, 2.24) is 4.98 Å². The van der Waals surface area contributed by atoms with E-state index in [4.69, 9.17) is 9.84 Å². The van der Waals surface area contributed by atoms with Gasteiger partial charge in [-0.25, -0.2) is 9.78 Å². The highest BCUT2D eigenvalue weighted by atomic mass is 16.5. The highest BCUT2D eigenvalue weighted by molar-refractivity contribution is 5.86. The number of ether oxygens (including phenoxy) is 1. The average molecular weight is 265 g/mol. The summed E-state index contributed by atoms with van der Waals surface area (Å²) in [7, 11) is 0. The molecule has 4 nitrogen and oxygen atoms in total.